The minimum atomic E-state index is 0.223. The molecule has 2 atom stereocenters. The first kappa shape index (κ1) is 15.4. The van der Waals surface area contributed by atoms with Crippen molar-refractivity contribution in [2.45, 2.75) is 65.8 Å². The molecule has 0 aromatic heterocycles. The van der Waals surface area contributed by atoms with E-state index in [1.165, 1.54) is 0 Å². The van der Waals surface area contributed by atoms with E-state index in [-0.39, 0.29) is 24.1 Å². The van der Waals surface area contributed by atoms with Crippen molar-refractivity contribution < 1.29 is 9.53 Å². The van der Waals surface area contributed by atoms with Crippen LogP contribution >= 0.6 is 0 Å². The third kappa shape index (κ3) is 3.95. The van der Waals surface area contributed by atoms with Crippen LogP contribution in [0.5, 0.6) is 0 Å². The van der Waals surface area contributed by atoms with Gasteiger partial charge in [0.05, 0.1) is 19.3 Å². The molecule has 1 saturated heterocycles. The highest BCUT2D eigenvalue weighted by atomic mass is 16.5. The minimum absolute atomic E-state index is 0.223. The van der Waals surface area contributed by atoms with Crippen LogP contribution in [-0.4, -0.2) is 59.6 Å². The summed E-state index contributed by atoms with van der Waals surface area (Å²) in [5.41, 5.74) is 0. The lowest BCUT2D eigenvalue weighted by Crippen LogP contribution is -2.53. The molecule has 4 heteroatoms. The van der Waals surface area contributed by atoms with Gasteiger partial charge in [-0.05, 0) is 41.5 Å². The van der Waals surface area contributed by atoms with Crippen molar-refractivity contribution in [3.05, 3.63) is 0 Å². The van der Waals surface area contributed by atoms with Gasteiger partial charge in [-0.2, -0.15) is 0 Å². The summed E-state index contributed by atoms with van der Waals surface area (Å²) in [5, 5.41) is 0. The van der Waals surface area contributed by atoms with Gasteiger partial charge in [-0.3, -0.25) is 9.69 Å². The Hall–Kier alpha value is -0.610. The van der Waals surface area contributed by atoms with Gasteiger partial charge in [0.15, 0.2) is 0 Å². The van der Waals surface area contributed by atoms with Crippen LogP contribution < -0.4 is 0 Å². The Morgan fingerprint density at radius 2 is 1.83 bits per heavy atom. The molecule has 18 heavy (non-hydrogen) atoms. The minimum Gasteiger partial charge on any atom is -0.376 e. The fourth-order valence-electron chi connectivity index (χ4n) is 2.62. The first-order valence-corrected chi connectivity index (χ1v) is 6.99. The predicted molar refractivity (Wildman–Crippen MR) is 73.6 cm³/mol. The van der Waals surface area contributed by atoms with Gasteiger partial charge in [0, 0.05) is 24.7 Å². The molecule has 1 fully saturated rings. The van der Waals surface area contributed by atoms with E-state index in [1.54, 1.807) is 0 Å². The molecule has 0 bridgehead atoms. The number of carbonyl (C=O) groups is 1. The van der Waals surface area contributed by atoms with Crippen molar-refractivity contribution in [2.24, 2.45) is 0 Å². The fourth-order valence-corrected chi connectivity index (χ4v) is 2.62. The number of ether oxygens (including phenoxy) is 1. The highest BCUT2D eigenvalue weighted by Gasteiger charge is 2.28. The molecule has 1 aliphatic rings. The van der Waals surface area contributed by atoms with E-state index in [1.807, 2.05) is 4.90 Å². The van der Waals surface area contributed by atoms with Crippen LogP contribution in [0.4, 0.5) is 0 Å². The van der Waals surface area contributed by atoms with Gasteiger partial charge >= 0.3 is 0 Å². The molecule has 0 unspecified atom stereocenters. The zero-order chi connectivity index (χ0) is 13.9. The molecule has 1 heterocycles. The molecule has 0 saturated carbocycles. The molecule has 106 valence electrons. The van der Waals surface area contributed by atoms with E-state index in [0.29, 0.717) is 12.6 Å². The van der Waals surface area contributed by atoms with E-state index in [2.05, 4.69) is 46.4 Å². The Bertz CT molecular complexity index is 271. The molecule has 0 aliphatic carbocycles. The smallest absolute Gasteiger partial charge is 0.237 e. The second-order valence-electron chi connectivity index (χ2n) is 5.91. The van der Waals surface area contributed by atoms with Gasteiger partial charge in [-0.1, -0.05) is 0 Å². The van der Waals surface area contributed by atoms with Crippen molar-refractivity contribution in [1.82, 2.24) is 9.80 Å². The number of carbonyl (C=O) groups excluding carboxylic acids is 1. The summed E-state index contributed by atoms with van der Waals surface area (Å²) in [7, 11) is 0. The van der Waals surface area contributed by atoms with Crippen molar-refractivity contribution in [3.8, 4) is 0 Å². The Labute approximate surface area is 111 Å². The Kier molecular flexibility index (Phi) is 5.60. The lowest BCUT2D eigenvalue weighted by molar-refractivity contribution is -0.139. The summed E-state index contributed by atoms with van der Waals surface area (Å²) in [5.74, 6) is 0.223. The number of morpholine rings is 1. The summed E-state index contributed by atoms with van der Waals surface area (Å²) in [6.07, 6.45) is 0.223. The molecular formula is C14H28N2O2. The molecule has 0 aromatic rings. The standard InChI is InChI=1S/C14H28N2O2/c1-10(2)16(11(3)4)14(17)8-15-7-13(6)18-9-12(15)5/h10-13H,7-9H2,1-6H3/t12-,13-/m1/s1. The lowest BCUT2D eigenvalue weighted by atomic mass is 10.2. The number of nitrogens with zero attached hydrogens (tertiary/aromatic N) is 2. The van der Waals surface area contributed by atoms with Crippen molar-refractivity contribution in [2.75, 3.05) is 19.7 Å². The maximum absolute atomic E-state index is 12.4. The van der Waals surface area contributed by atoms with Crippen LogP contribution in [0.2, 0.25) is 0 Å². The van der Waals surface area contributed by atoms with E-state index in [9.17, 15) is 4.79 Å². The quantitative estimate of drug-likeness (QED) is 0.768. The fraction of sp³-hybridized carbons (Fsp3) is 0.929. The zero-order valence-electron chi connectivity index (χ0n) is 12.6. The molecule has 1 aliphatic heterocycles. The normalized spacial score (nSPS) is 25.8. The van der Waals surface area contributed by atoms with E-state index in [4.69, 9.17) is 4.74 Å². The second kappa shape index (κ2) is 6.53. The topological polar surface area (TPSA) is 32.8 Å². The highest BCUT2D eigenvalue weighted by molar-refractivity contribution is 5.78. The SMILES string of the molecule is CC(C)N(C(=O)CN1C[C@@H](C)OC[C@H]1C)C(C)C. The van der Waals surface area contributed by atoms with E-state index >= 15 is 0 Å². The maximum Gasteiger partial charge on any atom is 0.237 e. The third-order valence-corrected chi connectivity index (χ3v) is 3.48. The van der Waals surface area contributed by atoms with Crippen LogP contribution in [0.25, 0.3) is 0 Å². The average Bonchev–Trinajstić information content (AvgIpc) is 2.22. The van der Waals surface area contributed by atoms with Crippen LogP contribution in [0.15, 0.2) is 0 Å². The van der Waals surface area contributed by atoms with Gasteiger partial charge in [-0.15, -0.1) is 0 Å². The van der Waals surface area contributed by atoms with Gasteiger partial charge in [0.25, 0.3) is 0 Å². The number of hydrogen-bond donors (Lipinski definition) is 0. The molecule has 4 nitrogen and oxygen atoms in total. The third-order valence-electron chi connectivity index (χ3n) is 3.48. The molecule has 0 radical (unpaired) electrons. The first-order chi connectivity index (χ1) is 8.32. The Balaban J connectivity index is 2.61. The number of hydrogen-bond acceptors (Lipinski definition) is 3. The van der Waals surface area contributed by atoms with Crippen molar-refractivity contribution in [1.29, 1.82) is 0 Å². The van der Waals surface area contributed by atoms with E-state index < -0.39 is 0 Å². The number of amides is 1. The van der Waals surface area contributed by atoms with Gasteiger partial charge in [-0.25, -0.2) is 0 Å². The number of rotatable bonds is 4. The second-order valence-corrected chi connectivity index (χ2v) is 5.91. The largest absolute Gasteiger partial charge is 0.376 e. The van der Waals surface area contributed by atoms with Gasteiger partial charge in [0.1, 0.15) is 0 Å². The molecular weight excluding hydrogens is 228 g/mol. The molecule has 0 N–H and O–H groups in total. The maximum atomic E-state index is 12.4. The van der Waals surface area contributed by atoms with Crippen LogP contribution in [0.1, 0.15) is 41.5 Å². The van der Waals surface area contributed by atoms with Crippen molar-refractivity contribution >= 4 is 5.91 Å². The highest BCUT2D eigenvalue weighted by Crippen LogP contribution is 2.13. The van der Waals surface area contributed by atoms with Crippen molar-refractivity contribution in [3.63, 3.8) is 0 Å². The van der Waals surface area contributed by atoms with Gasteiger partial charge in [0.2, 0.25) is 5.91 Å². The summed E-state index contributed by atoms with van der Waals surface area (Å²) in [4.78, 5) is 16.6. The van der Waals surface area contributed by atoms with Crippen LogP contribution in [-0.2, 0) is 9.53 Å². The summed E-state index contributed by atoms with van der Waals surface area (Å²) < 4.78 is 5.59. The first-order valence-electron chi connectivity index (χ1n) is 6.99. The summed E-state index contributed by atoms with van der Waals surface area (Å²) >= 11 is 0. The van der Waals surface area contributed by atoms with Gasteiger partial charge < -0.3 is 9.64 Å². The Morgan fingerprint density at radius 1 is 1.28 bits per heavy atom. The monoisotopic (exact) mass is 256 g/mol. The summed E-state index contributed by atoms with van der Waals surface area (Å²) in [6.45, 7) is 14.5. The zero-order valence-corrected chi connectivity index (χ0v) is 12.6. The Morgan fingerprint density at radius 3 is 2.33 bits per heavy atom. The summed E-state index contributed by atoms with van der Waals surface area (Å²) in [6, 6.07) is 0.837. The van der Waals surface area contributed by atoms with Crippen LogP contribution in [0.3, 0.4) is 0 Å². The van der Waals surface area contributed by atoms with Crippen LogP contribution in [0, 0.1) is 0 Å². The predicted octanol–water partition coefficient (Wildman–Crippen LogP) is 1.74. The molecule has 1 rings (SSSR count). The molecule has 0 spiro atoms. The average molecular weight is 256 g/mol. The lowest BCUT2D eigenvalue weighted by Gasteiger charge is -2.39. The molecule has 1 amide bonds. The van der Waals surface area contributed by atoms with E-state index in [0.717, 1.165) is 13.2 Å². The molecule has 0 aromatic carbocycles.